The summed E-state index contributed by atoms with van der Waals surface area (Å²) in [5, 5.41) is 12.0. The van der Waals surface area contributed by atoms with Gasteiger partial charge < -0.3 is 9.73 Å². The Kier molecular flexibility index (Phi) is 4.19. The molecule has 1 N–H and O–H groups in total. The van der Waals surface area contributed by atoms with Crippen LogP contribution in [0.3, 0.4) is 0 Å². The molecule has 0 bridgehead atoms. The third-order valence-electron chi connectivity index (χ3n) is 2.70. The third kappa shape index (κ3) is 3.22. The van der Waals surface area contributed by atoms with Gasteiger partial charge in [0, 0.05) is 10.5 Å². The van der Waals surface area contributed by atoms with Crippen LogP contribution in [0.2, 0.25) is 0 Å². The number of nitrogens with zero attached hydrogens (tertiary/aromatic N) is 1. The molecule has 3 nitrogen and oxygen atoms in total. The van der Waals surface area contributed by atoms with Crippen molar-refractivity contribution in [1.82, 2.24) is 5.32 Å². The van der Waals surface area contributed by atoms with E-state index in [9.17, 15) is 0 Å². The lowest BCUT2D eigenvalue weighted by Gasteiger charge is -2.13. The summed E-state index contributed by atoms with van der Waals surface area (Å²) in [6, 6.07) is 13.9. The summed E-state index contributed by atoms with van der Waals surface area (Å²) in [5.41, 5.74) is 1.21. The van der Waals surface area contributed by atoms with Crippen molar-refractivity contribution in [3.8, 4) is 6.07 Å². The Hall–Kier alpha value is -1.57. The Labute approximate surface area is 115 Å². The molecule has 0 aliphatic rings. The van der Waals surface area contributed by atoms with E-state index in [0.29, 0.717) is 12.3 Å². The molecule has 0 radical (unpaired) electrons. The maximum Gasteiger partial charge on any atom is 0.203 e. The summed E-state index contributed by atoms with van der Waals surface area (Å²) in [7, 11) is 0. The molecule has 0 amide bonds. The molecular formula is C14H13BrN2O. The minimum atomic E-state index is 0.220. The number of hydrogen-bond donors (Lipinski definition) is 1. The van der Waals surface area contributed by atoms with Gasteiger partial charge in [-0.05, 0) is 36.8 Å². The average molecular weight is 305 g/mol. The summed E-state index contributed by atoms with van der Waals surface area (Å²) < 4.78 is 6.38. The van der Waals surface area contributed by atoms with E-state index >= 15 is 0 Å². The van der Waals surface area contributed by atoms with Crippen LogP contribution in [0.15, 0.2) is 45.3 Å². The van der Waals surface area contributed by atoms with Crippen molar-refractivity contribution in [3.05, 3.63) is 58.0 Å². The van der Waals surface area contributed by atoms with Gasteiger partial charge in [0.2, 0.25) is 5.76 Å². The van der Waals surface area contributed by atoms with Crippen molar-refractivity contribution >= 4 is 15.9 Å². The molecule has 0 aliphatic heterocycles. The lowest BCUT2D eigenvalue weighted by molar-refractivity contribution is 0.453. The number of benzene rings is 1. The van der Waals surface area contributed by atoms with Crippen LogP contribution in [0.1, 0.15) is 30.0 Å². The Morgan fingerprint density at radius 2 is 2.22 bits per heavy atom. The molecule has 2 rings (SSSR count). The minimum Gasteiger partial charge on any atom is -0.449 e. The lowest BCUT2D eigenvalue weighted by atomic mass is 10.1. The van der Waals surface area contributed by atoms with Gasteiger partial charge in [0.05, 0.1) is 6.54 Å². The van der Waals surface area contributed by atoms with Crippen LogP contribution >= 0.6 is 15.9 Å². The van der Waals surface area contributed by atoms with E-state index in [0.717, 1.165) is 10.2 Å². The topological polar surface area (TPSA) is 49.0 Å². The van der Waals surface area contributed by atoms with E-state index in [-0.39, 0.29) is 6.04 Å². The molecular weight excluding hydrogens is 292 g/mol. The fourth-order valence-corrected chi connectivity index (χ4v) is 2.10. The van der Waals surface area contributed by atoms with Crippen molar-refractivity contribution in [2.75, 3.05) is 0 Å². The number of nitrogens with one attached hydrogen (secondary N) is 1. The van der Waals surface area contributed by atoms with E-state index in [1.165, 1.54) is 5.56 Å². The van der Waals surface area contributed by atoms with Crippen molar-refractivity contribution < 1.29 is 4.42 Å². The molecule has 0 saturated carbocycles. The second-order valence-electron chi connectivity index (χ2n) is 4.04. The monoisotopic (exact) mass is 304 g/mol. The Bertz CT molecular complexity index is 571. The molecule has 0 fully saturated rings. The first-order valence-electron chi connectivity index (χ1n) is 5.66. The Morgan fingerprint density at radius 1 is 1.39 bits per heavy atom. The lowest BCUT2D eigenvalue weighted by Crippen LogP contribution is -2.17. The highest BCUT2D eigenvalue weighted by atomic mass is 79.9. The highest BCUT2D eigenvalue weighted by Crippen LogP contribution is 2.18. The number of halogens is 1. The van der Waals surface area contributed by atoms with Crippen LogP contribution in [0.25, 0.3) is 0 Å². The number of furan rings is 1. The first-order chi connectivity index (χ1) is 8.69. The highest BCUT2D eigenvalue weighted by Gasteiger charge is 2.07. The zero-order valence-corrected chi connectivity index (χ0v) is 11.6. The van der Waals surface area contributed by atoms with Crippen LogP contribution in [0.4, 0.5) is 0 Å². The number of rotatable bonds is 4. The third-order valence-corrected chi connectivity index (χ3v) is 3.20. The van der Waals surface area contributed by atoms with Crippen molar-refractivity contribution in [1.29, 1.82) is 5.26 Å². The second kappa shape index (κ2) is 5.85. The predicted octanol–water partition coefficient (Wildman–Crippen LogP) is 3.76. The molecule has 0 spiro atoms. The largest absolute Gasteiger partial charge is 0.449 e. The molecule has 2 aromatic rings. The van der Waals surface area contributed by atoms with Gasteiger partial charge >= 0.3 is 0 Å². The van der Waals surface area contributed by atoms with Crippen LogP contribution in [-0.4, -0.2) is 0 Å². The quantitative estimate of drug-likeness (QED) is 0.935. The summed E-state index contributed by atoms with van der Waals surface area (Å²) in [6.45, 7) is 2.70. The molecule has 18 heavy (non-hydrogen) atoms. The molecule has 92 valence electrons. The van der Waals surface area contributed by atoms with Gasteiger partial charge in [0.1, 0.15) is 11.8 Å². The first kappa shape index (κ1) is 12.9. The fourth-order valence-electron chi connectivity index (χ4n) is 1.68. The van der Waals surface area contributed by atoms with Gasteiger partial charge in [-0.15, -0.1) is 0 Å². The SMILES string of the molecule is C[C@H](NCc1ccc(C#N)o1)c1cccc(Br)c1. The summed E-state index contributed by atoms with van der Waals surface area (Å²) in [6.07, 6.45) is 0. The molecule has 1 atom stereocenters. The van der Waals surface area contributed by atoms with Gasteiger partial charge in [-0.1, -0.05) is 28.1 Å². The van der Waals surface area contributed by atoms with Crippen LogP contribution < -0.4 is 5.32 Å². The molecule has 4 heteroatoms. The van der Waals surface area contributed by atoms with E-state index < -0.39 is 0 Å². The zero-order valence-electron chi connectivity index (χ0n) is 9.98. The number of nitriles is 1. The summed E-state index contributed by atoms with van der Waals surface area (Å²) in [5.74, 6) is 1.12. The Morgan fingerprint density at radius 3 is 2.89 bits per heavy atom. The second-order valence-corrected chi connectivity index (χ2v) is 4.95. The van der Waals surface area contributed by atoms with Crippen molar-refractivity contribution in [2.45, 2.75) is 19.5 Å². The fraction of sp³-hybridized carbons (Fsp3) is 0.214. The van der Waals surface area contributed by atoms with Crippen LogP contribution in [-0.2, 0) is 6.54 Å². The Balaban J connectivity index is 1.96. The summed E-state index contributed by atoms with van der Waals surface area (Å²) >= 11 is 3.46. The number of hydrogen-bond acceptors (Lipinski definition) is 3. The smallest absolute Gasteiger partial charge is 0.203 e. The molecule has 0 aliphatic carbocycles. The maximum atomic E-state index is 8.67. The predicted molar refractivity (Wildman–Crippen MR) is 72.8 cm³/mol. The van der Waals surface area contributed by atoms with Gasteiger partial charge in [0.25, 0.3) is 0 Å². The molecule has 1 aromatic heterocycles. The van der Waals surface area contributed by atoms with Crippen molar-refractivity contribution in [2.24, 2.45) is 0 Å². The van der Waals surface area contributed by atoms with E-state index in [1.54, 1.807) is 6.07 Å². The van der Waals surface area contributed by atoms with E-state index in [2.05, 4.69) is 40.3 Å². The zero-order chi connectivity index (χ0) is 13.0. The molecule has 0 saturated heterocycles. The average Bonchev–Trinajstić information content (AvgIpc) is 2.84. The maximum absolute atomic E-state index is 8.67. The van der Waals surface area contributed by atoms with E-state index in [1.807, 2.05) is 24.3 Å². The summed E-state index contributed by atoms with van der Waals surface area (Å²) in [4.78, 5) is 0. The first-order valence-corrected chi connectivity index (χ1v) is 6.46. The molecule has 1 heterocycles. The van der Waals surface area contributed by atoms with E-state index in [4.69, 9.17) is 9.68 Å². The van der Waals surface area contributed by atoms with Gasteiger partial charge in [-0.3, -0.25) is 0 Å². The molecule has 1 aromatic carbocycles. The van der Waals surface area contributed by atoms with Crippen LogP contribution in [0.5, 0.6) is 0 Å². The molecule has 0 unspecified atom stereocenters. The highest BCUT2D eigenvalue weighted by molar-refractivity contribution is 9.10. The minimum absolute atomic E-state index is 0.220. The van der Waals surface area contributed by atoms with Gasteiger partial charge in [-0.25, -0.2) is 0 Å². The normalized spacial score (nSPS) is 12.1. The van der Waals surface area contributed by atoms with Crippen molar-refractivity contribution in [3.63, 3.8) is 0 Å². The van der Waals surface area contributed by atoms with Crippen LogP contribution in [0, 0.1) is 11.3 Å². The standard InChI is InChI=1S/C14H13BrN2O/c1-10(11-3-2-4-12(15)7-11)17-9-14-6-5-13(8-16)18-14/h2-7,10,17H,9H2,1H3/t10-/m0/s1. The van der Waals surface area contributed by atoms with Gasteiger partial charge in [0.15, 0.2) is 0 Å². The van der Waals surface area contributed by atoms with Gasteiger partial charge in [-0.2, -0.15) is 5.26 Å².